The molecule has 8 nitrogen and oxygen atoms in total. The summed E-state index contributed by atoms with van der Waals surface area (Å²) in [6.45, 7) is 4.19. The Hall–Kier alpha value is -2.89. The minimum Gasteiger partial charge on any atom is -0.326 e. The minimum absolute atomic E-state index is 0.156. The SMILES string of the molecule is CCn1c(CSc2nc3ccccc3s2)nnc1SCC(=O)Nc1cccc(NC(C)=O)c1. The van der Waals surface area contributed by atoms with E-state index in [2.05, 4.69) is 31.9 Å². The zero-order valence-electron chi connectivity index (χ0n) is 18.1. The summed E-state index contributed by atoms with van der Waals surface area (Å²) < 4.78 is 4.19. The highest BCUT2D eigenvalue weighted by atomic mass is 32.2. The number of anilines is 2. The summed E-state index contributed by atoms with van der Waals surface area (Å²) >= 11 is 4.65. The molecular weight excluding hydrogens is 476 g/mol. The molecule has 170 valence electrons. The molecule has 0 aliphatic heterocycles. The van der Waals surface area contributed by atoms with Crippen molar-refractivity contribution in [3.05, 3.63) is 54.4 Å². The quantitative estimate of drug-likeness (QED) is 0.317. The zero-order valence-corrected chi connectivity index (χ0v) is 20.5. The minimum atomic E-state index is -0.162. The van der Waals surface area contributed by atoms with Gasteiger partial charge in [0.05, 0.1) is 21.7 Å². The molecule has 0 unspecified atom stereocenters. The van der Waals surface area contributed by atoms with Crippen LogP contribution in [0.5, 0.6) is 0 Å². The lowest BCUT2D eigenvalue weighted by molar-refractivity contribution is -0.114. The zero-order chi connectivity index (χ0) is 23.2. The van der Waals surface area contributed by atoms with Gasteiger partial charge >= 0.3 is 0 Å². The van der Waals surface area contributed by atoms with Crippen LogP contribution in [0.4, 0.5) is 11.4 Å². The van der Waals surface area contributed by atoms with Gasteiger partial charge in [-0.3, -0.25) is 9.59 Å². The lowest BCUT2D eigenvalue weighted by atomic mass is 10.2. The summed E-state index contributed by atoms with van der Waals surface area (Å²) in [5, 5.41) is 14.9. The Morgan fingerprint density at radius 3 is 2.58 bits per heavy atom. The van der Waals surface area contributed by atoms with Crippen LogP contribution in [-0.4, -0.2) is 37.3 Å². The van der Waals surface area contributed by atoms with Gasteiger partial charge in [0.2, 0.25) is 11.8 Å². The Kier molecular flexibility index (Phi) is 7.63. The van der Waals surface area contributed by atoms with Crippen LogP contribution in [-0.2, 0) is 21.9 Å². The third-order valence-electron chi connectivity index (χ3n) is 4.51. The van der Waals surface area contributed by atoms with Crippen molar-refractivity contribution in [3.63, 3.8) is 0 Å². The maximum absolute atomic E-state index is 12.4. The standard InChI is InChI=1S/C22H22N6O2S3/c1-3-28-19(12-32-22-25-17-9-4-5-10-18(17)33-22)26-27-21(28)31-13-20(30)24-16-8-6-7-15(11-16)23-14(2)29/h4-11H,3,12-13H2,1-2H3,(H,23,29)(H,24,30). The fraction of sp³-hybridized carbons (Fsp3) is 0.227. The van der Waals surface area contributed by atoms with Crippen LogP contribution in [0.1, 0.15) is 19.7 Å². The van der Waals surface area contributed by atoms with E-state index in [4.69, 9.17) is 0 Å². The Balaban J connectivity index is 1.34. The van der Waals surface area contributed by atoms with Crippen molar-refractivity contribution in [3.8, 4) is 0 Å². The molecule has 2 N–H and O–H groups in total. The van der Waals surface area contributed by atoms with Crippen molar-refractivity contribution in [2.75, 3.05) is 16.4 Å². The molecule has 0 aliphatic rings. The van der Waals surface area contributed by atoms with Crippen LogP contribution in [0.15, 0.2) is 58.0 Å². The van der Waals surface area contributed by atoms with Crippen LogP contribution in [0.25, 0.3) is 10.2 Å². The van der Waals surface area contributed by atoms with E-state index in [0.29, 0.717) is 28.8 Å². The van der Waals surface area contributed by atoms with Crippen molar-refractivity contribution in [2.24, 2.45) is 0 Å². The highest BCUT2D eigenvalue weighted by Gasteiger charge is 2.15. The van der Waals surface area contributed by atoms with Crippen LogP contribution >= 0.6 is 34.9 Å². The maximum atomic E-state index is 12.4. The molecule has 11 heteroatoms. The number of fused-ring (bicyclic) bond motifs is 1. The third-order valence-corrected chi connectivity index (χ3v) is 7.65. The Morgan fingerprint density at radius 2 is 1.82 bits per heavy atom. The van der Waals surface area contributed by atoms with Gasteiger partial charge in [-0.1, -0.05) is 41.7 Å². The molecule has 33 heavy (non-hydrogen) atoms. The molecule has 2 aromatic heterocycles. The van der Waals surface area contributed by atoms with Gasteiger partial charge in [-0.15, -0.1) is 21.5 Å². The highest BCUT2D eigenvalue weighted by Crippen LogP contribution is 2.31. The lowest BCUT2D eigenvalue weighted by Gasteiger charge is -2.09. The number of rotatable bonds is 9. The third kappa shape index (κ3) is 6.12. The monoisotopic (exact) mass is 498 g/mol. The first-order chi connectivity index (χ1) is 16.0. The van der Waals surface area contributed by atoms with E-state index >= 15 is 0 Å². The summed E-state index contributed by atoms with van der Waals surface area (Å²) in [6.07, 6.45) is 0. The number of hydrogen-bond donors (Lipinski definition) is 2. The van der Waals surface area contributed by atoms with E-state index in [9.17, 15) is 9.59 Å². The normalized spacial score (nSPS) is 11.0. The second kappa shape index (κ2) is 10.8. The van der Waals surface area contributed by atoms with Gasteiger partial charge in [0, 0.05) is 24.8 Å². The fourth-order valence-electron chi connectivity index (χ4n) is 3.09. The van der Waals surface area contributed by atoms with E-state index < -0.39 is 0 Å². The number of carbonyl (C=O) groups is 2. The molecular formula is C22H22N6O2S3. The van der Waals surface area contributed by atoms with Crippen molar-refractivity contribution in [2.45, 2.75) is 35.6 Å². The van der Waals surface area contributed by atoms with Crippen LogP contribution in [0.2, 0.25) is 0 Å². The van der Waals surface area contributed by atoms with Gasteiger partial charge in [-0.25, -0.2) is 4.98 Å². The molecule has 0 aliphatic carbocycles. The topological polar surface area (TPSA) is 102 Å². The predicted octanol–water partition coefficient (Wildman–Crippen LogP) is 4.89. The molecule has 4 rings (SSSR count). The number of thioether (sulfide) groups is 2. The van der Waals surface area contributed by atoms with Gasteiger partial charge < -0.3 is 15.2 Å². The second-order valence-electron chi connectivity index (χ2n) is 6.98. The molecule has 0 saturated carbocycles. The number of thiazole rings is 1. The first-order valence-corrected chi connectivity index (χ1v) is 13.0. The smallest absolute Gasteiger partial charge is 0.234 e. The summed E-state index contributed by atoms with van der Waals surface area (Å²) in [5.74, 6) is 1.39. The average molecular weight is 499 g/mol. The number of nitrogens with zero attached hydrogens (tertiary/aromatic N) is 4. The van der Waals surface area contributed by atoms with Crippen molar-refractivity contribution in [1.82, 2.24) is 19.7 Å². The van der Waals surface area contributed by atoms with Gasteiger partial charge in [-0.05, 0) is 37.3 Å². The van der Waals surface area contributed by atoms with E-state index in [1.807, 2.05) is 29.7 Å². The summed E-state index contributed by atoms with van der Waals surface area (Å²) in [4.78, 5) is 28.3. The van der Waals surface area contributed by atoms with Crippen molar-refractivity contribution in [1.29, 1.82) is 0 Å². The van der Waals surface area contributed by atoms with Crippen molar-refractivity contribution < 1.29 is 9.59 Å². The molecule has 2 aromatic carbocycles. The summed E-state index contributed by atoms with van der Waals surface area (Å²) in [7, 11) is 0. The number of hydrogen-bond acceptors (Lipinski definition) is 8. The van der Waals surface area contributed by atoms with E-state index in [-0.39, 0.29) is 17.6 Å². The van der Waals surface area contributed by atoms with Gasteiger partial charge in [-0.2, -0.15) is 0 Å². The number of amides is 2. The molecule has 4 aromatic rings. The second-order valence-corrected chi connectivity index (χ2v) is 10.2. The number of para-hydroxylation sites is 1. The molecule has 0 bridgehead atoms. The van der Waals surface area contributed by atoms with Gasteiger partial charge in [0.25, 0.3) is 0 Å². The molecule has 0 spiro atoms. The van der Waals surface area contributed by atoms with E-state index in [1.54, 1.807) is 47.4 Å². The number of benzene rings is 2. The van der Waals surface area contributed by atoms with Crippen LogP contribution < -0.4 is 10.6 Å². The molecule has 0 saturated heterocycles. The number of carbonyl (C=O) groups excluding carboxylic acids is 2. The van der Waals surface area contributed by atoms with Crippen molar-refractivity contribution >= 4 is 68.3 Å². The Bertz CT molecular complexity index is 1250. The molecule has 2 amide bonds. The predicted molar refractivity (Wildman–Crippen MR) is 135 cm³/mol. The van der Waals surface area contributed by atoms with E-state index in [0.717, 1.165) is 15.7 Å². The molecule has 0 atom stereocenters. The maximum Gasteiger partial charge on any atom is 0.234 e. The molecule has 0 radical (unpaired) electrons. The Labute approximate surface area is 203 Å². The molecule has 2 heterocycles. The van der Waals surface area contributed by atoms with Gasteiger partial charge in [0.15, 0.2) is 9.50 Å². The first kappa shape index (κ1) is 23.3. The first-order valence-electron chi connectivity index (χ1n) is 10.2. The molecule has 0 fully saturated rings. The largest absolute Gasteiger partial charge is 0.326 e. The Morgan fingerprint density at radius 1 is 1.03 bits per heavy atom. The highest BCUT2D eigenvalue weighted by molar-refractivity contribution is 8.00. The van der Waals surface area contributed by atoms with Crippen LogP contribution in [0.3, 0.4) is 0 Å². The number of aromatic nitrogens is 4. The lowest BCUT2D eigenvalue weighted by Crippen LogP contribution is -2.15. The van der Waals surface area contributed by atoms with Gasteiger partial charge in [0.1, 0.15) is 5.82 Å². The number of nitrogens with one attached hydrogen (secondary N) is 2. The summed E-state index contributed by atoms with van der Waals surface area (Å²) in [5.41, 5.74) is 2.26. The average Bonchev–Trinajstić information content (AvgIpc) is 3.39. The van der Waals surface area contributed by atoms with E-state index in [1.165, 1.54) is 23.4 Å². The van der Waals surface area contributed by atoms with Crippen LogP contribution in [0, 0.1) is 0 Å². The summed E-state index contributed by atoms with van der Waals surface area (Å²) in [6, 6.07) is 15.1. The fourth-order valence-corrected chi connectivity index (χ4v) is 5.92.